The van der Waals surface area contributed by atoms with Crippen LogP contribution in [0.1, 0.15) is 52.0 Å². The standard InChI is InChI=1S/C24H35F2N5O2/c1-5-28-21-19(23(25)26)6-7-20(22(21)27-4)31-13-15(2)12-17(14-31)29-24(33)16(3)30-10-8-18(32)9-11-30/h5-7,15-18,23,32H,4,8-14H2,1-3H3,(H,29,33)/t15-,16?,17+/m0/s1. The molecule has 0 bridgehead atoms. The van der Waals surface area contributed by atoms with E-state index >= 15 is 0 Å². The van der Waals surface area contributed by atoms with Crippen molar-refractivity contribution in [2.45, 2.75) is 64.6 Å². The van der Waals surface area contributed by atoms with Gasteiger partial charge in [-0.1, -0.05) is 6.92 Å². The second-order valence-corrected chi connectivity index (χ2v) is 9.11. The number of alkyl halides is 2. The first kappa shape index (κ1) is 25.2. The van der Waals surface area contributed by atoms with E-state index in [2.05, 4.69) is 38.7 Å². The van der Waals surface area contributed by atoms with E-state index in [1.165, 1.54) is 12.3 Å². The van der Waals surface area contributed by atoms with Crippen LogP contribution in [0.25, 0.3) is 0 Å². The molecule has 0 radical (unpaired) electrons. The lowest BCUT2D eigenvalue weighted by molar-refractivity contribution is -0.127. The number of nitrogens with zero attached hydrogens (tertiary/aromatic N) is 4. The molecule has 1 unspecified atom stereocenters. The molecule has 0 aliphatic carbocycles. The van der Waals surface area contributed by atoms with E-state index in [4.69, 9.17) is 0 Å². The maximum absolute atomic E-state index is 13.5. The highest BCUT2D eigenvalue weighted by atomic mass is 19.3. The first-order valence-corrected chi connectivity index (χ1v) is 11.6. The van der Waals surface area contributed by atoms with Crippen molar-refractivity contribution in [1.29, 1.82) is 0 Å². The summed E-state index contributed by atoms with van der Waals surface area (Å²) in [5.41, 5.74) is 0.999. The van der Waals surface area contributed by atoms with Crippen LogP contribution < -0.4 is 10.2 Å². The molecular formula is C24H35F2N5O2. The molecule has 2 heterocycles. The second kappa shape index (κ2) is 11.2. The van der Waals surface area contributed by atoms with Crippen LogP contribution in [0.2, 0.25) is 0 Å². The van der Waals surface area contributed by atoms with Crippen LogP contribution in [-0.2, 0) is 4.79 Å². The lowest BCUT2D eigenvalue weighted by Crippen LogP contribution is -2.55. The second-order valence-electron chi connectivity index (χ2n) is 9.11. The SMILES string of the molecule is C=Nc1c(N2C[C@@H](C)C[C@@H](NC(=O)C(C)N3CCC(O)CC3)C2)ccc(C(F)F)c1N=CC. The van der Waals surface area contributed by atoms with Gasteiger partial charge in [0.05, 0.1) is 23.5 Å². The van der Waals surface area contributed by atoms with Gasteiger partial charge >= 0.3 is 0 Å². The van der Waals surface area contributed by atoms with E-state index in [9.17, 15) is 18.7 Å². The van der Waals surface area contributed by atoms with Crippen molar-refractivity contribution in [1.82, 2.24) is 10.2 Å². The van der Waals surface area contributed by atoms with E-state index in [0.29, 0.717) is 43.9 Å². The number of rotatable bonds is 7. The quantitative estimate of drug-likeness (QED) is 0.602. The first-order valence-electron chi connectivity index (χ1n) is 11.6. The van der Waals surface area contributed by atoms with E-state index in [1.807, 2.05) is 6.92 Å². The Labute approximate surface area is 194 Å². The molecule has 1 aromatic rings. The largest absolute Gasteiger partial charge is 0.393 e. The zero-order valence-corrected chi connectivity index (χ0v) is 19.7. The van der Waals surface area contributed by atoms with Crippen molar-refractivity contribution in [3.8, 4) is 0 Å². The van der Waals surface area contributed by atoms with Crippen LogP contribution >= 0.6 is 0 Å². The van der Waals surface area contributed by atoms with E-state index < -0.39 is 6.43 Å². The summed E-state index contributed by atoms with van der Waals surface area (Å²) in [6, 6.07) is 2.70. The average molecular weight is 464 g/mol. The molecule has 2 aliphatic heterocycles. The molecule has 7 nitrogen and oxygen atoms in total. The maximum Gasteiger partial charge on any atom is 0.266 e. The van der Waals surface area contributed by atoms with E-state index in [1.54, 1.807) is 13.0 Å². The fourth-order valence-electron chi connectivity index (χ4n) is 4.85. The summed E-state index contributed by atoms with van der Waals surface area (Å²) < 4.78 is 27.1. The molecule has 1 aromatic carbocycles. The molecule has 182 valence electrons. The van der Waals surface area contributed by atoms with Crippen LogP contribution in [0.3, 0.4) is 0 Å². The van der Waals surface area contributed by atoms with Gasteiger partial charge < -0.3 is 15.3 Å². The van der Waals surface area contributed by atoms with Crippen molar-refractivity contribution in [3.05, 3.63) is 17.7 Å². The number of hydrogen-bond acceptors (Lipinski definition) is 6. The van der Waals surface area contributed by atoms with Gasteiger partial charge in [0.2, 0.25) is 5.91 Å². The predicted octanol–water partition coefficient (Wildman–Crippen LogP) is 3.85. The molecule has 0 aromatic heterocycles. The zero-order chi connectivity index (χ0) is 24.1. The number of hydrogen-bond donors (Lipinski definition) is 2. The third kappa shape index (κ3) is 5.95. The van der Waals surface area contributed by atoms with Crippen molar-refractivity contribution in [2.24, 2.45) is 15.9 Å². The minimum atomic E-state index is -2.66. The normalized spacial score (nSPS) is 23.8. The van der Waals surface area contributed by atoms with Gasteiger partial charge in [-0.05, 0) is 57.9 Å². The highest BCUT2D eigenvalue weighted by Crippen LogP contribution is 2.44. The predicted molar refractivity (Wildman–Crippen MR) is 129 cm³/mol. The average Bonchev–Trinajstić information content (AvgIpc) is 2.78. The van der Waals surface area contributed by atoms with Crippen LogP contribution in [0.15, 0.2) is 22.1 Å². The lowest BCUT2D eigenvalue weighted by atomic mass is 9.94. The Kier molecular flexibility index (Phi) is 8.53. The van der Waals surface area contributed by atoms with Gasteiger partial charge in [0.25, 0.3) is 6.43 Å². The number of amides is 1. The highest BCUT2D eigenvalue weighted by Gasteiger charge is 2.32. The third-order valence-corrected chi connectivity index (χ3v) is 6.59. The molecule has 2 N–H and O–H groups in total. The Morgan fingerprint density at radius 2 is 1.97 bits per heavy atom. The van der Waals surface area contributed by atoms with Gasteiger partial charge in [-0.15, -0.1) is 0 Å². The van der Waals surface area contributed by atoms with Crippen molar-refractivity contribution in [3.63, 3.8) is 0 Å². The Morgan fingerprint density at radius 3 is 2.58 bits per heavy atom. The summed E-state index contributed by atoms with van der Waals surface area (Å²) in [5.74, 6) is 0.256. The molecule has 3 atom stereocenters. The minimum absolute atomic E-state index is 0.0307. The maximum atomic E-state index is 13.5. The van der Waals surface area contributed by atoms with E-state index in [0.717, 1.165) is 13.0 Å². The van der Waals surface area contributed by atoms with Crippen LogP contribution in [-0.4, -0.2) is 73.2 Å². The molecular weight excluding hydrogens is 428 g/mol. The monoisotopic (exact) mass is 463 g/mol. The van der Waals surface area contributed by atoms with Gasteiger partial charge in [-0.3, -0.25) is 19.7 Å². The molecule has 2 saturated heterocycles. The van der Waals surface area contributed by atoms with Gasteiger partial charge in [0, 0.05) is 44.0 Å². The van der Waals surface area contributed by atoms with Crippen molar-refractivity contribution >= 4 is 35.9 Å². The Balaban J connectivity index is 1.77. The third-order valence-electron chi connectivity index (χ3n) is 6.59. The number of aliphatic imine (C=N–C) groups is 2. The summed E-state index contributed by atoms with van der Waals surface area (Å²) in [5, 5.41) is 12.9. The number of nitrogens with one attached hydrogen (secondary N) is 1. The number of anilines is 1. The van der Waals surface area contributed by atoms with Gasteiger partial charge in [0.15, 0.2) is 0 Å². The lowest BCUT2D eigenvalue weighted by Gasteiger charge is -2.40. The van der Waals surface area contributed by atoms with Gasteiger partial charge in [-0.25, -0.2) is 8.78 Å². The number of likely N-dealkylation sites (tertiary alicyclic amines) is 1. The first-order chi connectivity index (χ1) is 15.7. The molecule has 9 heteroatoms. The number of carbonyl (C=O) groups excluding carboxylic acids is 1. The Morgan fingerprint density at radius 1 is 1.27 bits per heavy atom. The molecule has 0 spiro atoms. The summed E-state index contributed by atoms with van der Waals surface area (Å²) in [4.78, 5) is 25.4. The number of aliphatic hydroxyl groups is 1. The Bertz CT molecular complexity index is 871. The van der Waals surface area contributed by atoms with Crippen LogP contribution in [0.5, 0.6) is 0 Å². The fourth-order valence-corrected chi connectivity index (χ4v) is 4.85. The molecule has 2 fully saturated rings. The van der Waals surface area contributed by atoms with Crippen molar-refractivity contribution < 1.29 is 18.7 Å². The van der Waals surface area contributed by atoms with Crippen molar-refractivity contribution in [2.75, 3.05) is 31.1 Å². The molecule has 2 aliphatic rings. The smallest absolute Gasteiger partial charge is 0.266 e. The fraction of sp³-hybridized carbons (Fsp3) is 0.625. The molecule has 0 saturated carbocycles. The number of piperidine rings is 2. The number of benzene rings is 1. The topological polar surface area (TPSA) is 80.5 Å². The minimum Gasteiger partial charge on any atom is -0.393 e. The Hall–Kier alpha value is -2.39. The number of halogens is 2. The summed E-state index contributed by atoms with van der Waals surface area (Å²) >= 11 is 0. The summed E-state index contributed by atoms with van der Waals surface area (Å²) in [6.07, 6.45) is 0.723. The molecule has 33 heavy (non-hydrogen) atoms. The molecule has 1 amide bonds. The zero-order valence-electron chi connectivity index (χ0n) is 19.7. The summed E-state index contributed by atoms with van der Waals surface area (Å²) in [6.45, 7) is 12.0. The number of aliphatic hydroxyl groups excluding tert-OH is 1. The van der Waals surface area contributed by atoms with E-state index in [-0.39, 0.29) is 41.3 Å². The molecule has 3 rings (SSSR count). The van der Waals surface area contributed by atoms with Crippen LogP contribution in [0.4, 0.5) is 25.8 Å². The number of carbonyl (C=O) groups is 1. The summed E-state index contributed by atoms with van der Waals surface area (Å²) in [7, 11) is 0. The highest BCUT2D eigenvalue weighted by molar-refractivity contribution is 5.85. The van der Waals surface area contributed by atoms with Gasteiger partial charge in [0.1, 0.15) is 5.69 Å². The van der Waals surface area contributed by atoms with Crippen LogP contribution in [0, 0.1) is 5.92 Å². The van der Waals surface area contributed by atoms with Gasteiger partial charge in [-0.2, -0.15) is 0 Å².